The van der Waals surface area contributed by atoms with Crippen molar-refractivity contribution in [1.82, 2.24) is 25.1 Å². The number of carbonyl (C=O) groups is 2. The van der Waals surface area contributed by atoms with E-state index >= 15 is 0 Å². The highest BCUT2D eigenvalue weighted by Crippen LogP contribution is 2.39. The molecule has 0 unspecified atom stereocenters. The van der Waals surface area contributed by atoms with E-state index in [9.17, 15) is 14.0 Å². The van der Waals surface area contributed by atoms with Crippen molar-refractivity contribution in [2.45, 2.75) is 25.4 Å². The zero-order valence-electron chi connectivity index (χ0n) is 21.6. The number of nitrogens with two attached hydrogens (primary N) is 1. The highest BCUT2D eigenvalue weighted by Gasteiger charge is 2.23. The zero-order chi connectivity index (χ0) is 27.6. The predicted molar refractivity (Wildman–Crippen MR) is 151 cm³/mol. The van der Waals surface area contributed by atoms with Crippen LogP contribution in [0.4, 0.5) is 19.7 Å². The number of primary amides is 1. The lowest BCUT2D eigenvalue weighted by Crippen LogP contribution is -2.50. The molecule has 6 rings (SSSR count). The summed E-state index contributed by atoms with van der Waals surface area (Å²) in [5.74, 6) is -0.0481. The number of anilines is 1. The first kappa shape index (κ1) is 26.0. The number of benzene rings is 1. The summed E-state index contributed by atoms with van der Waals surface area (Å²) in [7, 11) is 0. The van der Waals surface area contributed by atoms with E-state index in [1.54, 1.807) is 23.2 Å². The van der Waals surface area contributed by atoms with Gasteiger partial charge in [0.2, 0.25) is 0 Å². The molecule has 12 heteroatoms. The molecule has 1 saturated carbocycles. The van der Waals surface area contributed by atoms with Gasteiger partial charge in [-0.05, 0) is 42.7 Å². The van der Waals surface area contributed by atoms with Crippen molar-refractivity contribution in [2.75, 3.05) is 31.5 Å². The number of hydrogen-bond donors (Lipinski definition) is 3. The molecule has 4 heterocycles. The monoisotopic (exact) mass is 561 g/mol. The van der Waals surface area contributed by atoms with Gasteiger partial charge in [-0.1, -0.05) is 6.07 Å². The van der Waals surface area contributed by atoms with Crippen molar-refractivity contribution in [2.24, 2.45) is 5.73 Å². The molecular formula is C28H28FN7O3S. The summed E-state index contributed by atoms with van der Waals surface area (Å²) in [4.78, 5) is 37.2. The van der Waals surface area contributed by atoms with Crippen LogP contribution in [0.2, 0.25) is 0 Å². The third-order valence-electron chi connectivity index (χ3n) is 6.87. The quantitative estimate of drug-likeness (QED) is 0.299. The Morgan fingerprint density at radius 1 is 1.05 bits per heavy atom. The molecule has 1 aliphatic heterocycles. The second-order valence-electron chi connectivity index (χ2n) is 9.91. The number of halogens is 1. The van der Waals surface area contributed by atoms with E-state index in [2.05, 4.69) is 25.5 Å². The van der Waals surface area contributed by atoms with Crippen molar-refractivity contribution >= 4 is 39.3 Å². The maximum atomic E-state index is 14.8. The molecule has 1 saturated heterocycles. The van der Waals surface area contributed by atoms with Crippen LogP contribution >= 0.6 is 11.3 Å². The van der Waals surface area contributed by atoms with Crippen molar-refractivity contribution in [3.63, 3.8) is 0 Å². The standard InChI is InChI=1S/C28H28FN7O3S/c29-20-13-19(34-28(38)33-18-2-3-18)4-6-23(20)39-24-7-8-31-22-14-25(40-26(22)24)21-5-1-17(15-32-21)16-35-9-11-36(12-10-35)27(30)37/h1,4-8,13-15,18H,2-3,9-12,16H2,(H2,30,37)(H2,33,34,38). The Balaban J connectivity index is 1.13. The van der Waals surface area contributed by atoms with Crippen LogP contribution in [0.1, 0.15) is 18.4 Å². The summed E-state index contributed by atoms with van der Waals surface area (Å²) in [5.41, 5.74) is 8.34. The van der Waals surface area contributed by atoms with Crippen LogP contribution < -0.4 is 21.1 Å². The summed E-state index contributed by atoms with van der Waals surface area (Å²) in [6, 6.07) is 11.5. The average Bonchev–Trinajstić information content (AvgIpc) is 3.64. The number of nitrogens with zero attached hydrogens (tertiary/aromatic N) is 4. The molecule has 1 aromatic carbocycles. The molecule has 0 spiro atoms. The van der Waals surface area contributed by atoms with Crippen molar-refractivity contribution < 1.29 is 18.7 Å². The number of piperazine rings is 1. The topological polar surface area (TPSA) is 126 Å². The maximum Gasteiger partial charge on any atom is 0.319 e. The number of ether oxygens (including phenoxy) is 1. The maximum absolute atomic E-state index is 14.8. The molecule has 4 N–H and O–H groups in total. The summed E-state index contributed by atoms with van der Waals surface area (Å²) in [5, 5.41) is 5.45. The molecule has 2 aliphatic rings. The van der Waals surface area contributed by atoms with Crippen LogP contribution in [0, 0.1) is 5.82 Å². The molecule has 40 heavy (non-hydrogen) atoms. The van der Waals surface area contributed by atoms with E-state index in [4.69, 9.17) is 10.5 Å². The van der Waals surface area contributed by atoms with E-state index in [1.807, 2.05) is 24.4 Å². The minimum absolute atomic E-state index is 0.0507. The first-order valence-corrected chi connectivity index (χ1v) is 13.9. The van der Waals surface area contributed by atoms with E-state index < -0.39 is 5.82 Å². The normalized spacial score (nSPS) is 15.7. The minimum Gasteiger partial charge on any atom is -0.453 e. The number of amides is 4. The number of hydrogen-bond acceptors (Lipinski definition) is 7. The van der Waals surface area contributed by atoms with Crippen LogP contribution in [0.3, 0.4) is 0 Å². The Kier molecular flexibility index (Phi) is 7.18. The minimum atomic E-state index is -0.584. The van der Waals surface area contributed by atoms with Crippen LogP contribution in [0.5, 0.6) is 11.5 Å². The van der Waals surface area contributed by atoms with Crippen molar-refractivity contribution in [3.05, 3.63) is 66.2 Å². The van der Waals surface area contributed by atoms with Gasteiger partial charge in [-0.15, -0.1) is 11.3 Å². The van der Waals surface area contributed by atoms with Gasteiger partial charge in [-0.3, -0.25) is 14.9 Å². The highest BCUT2D eigenvalue weighted by molar-refractivity contribution is 7.22. The molecule has 10 nitrogen and oxygen atoms in total. The first-order valence-electron chi connectivity index (χ1n) is 13.1. The number of carbonyl (C=O) groups excluding carboxylic acids is 2. The number of nitrogens with one attached hydrogen (secondary N) is 2. The largest absolute Gasteiger partial charge is 0.453 e. The lowest BCUT2D eigenvalue weighted by molar-refractivity contribution is 0.140. The fourth-order valence-corrected chi connectivity index (χ4v) is 5.57. The Morgan fingerprint density at radius 2 is 1.88 bits per heavy atom. The lowest BCUT2D eigenvalue weighted by Gasteiger charge is -2.33. The molecule has 4 amide bonds. The molecule has 1 aliphatic carbocycles. The Labute approximate surface area is 234 Å². The second-order valence-corrected chi connectivity index (χ2v) is 11.0. The van der Waals surface area contributed by atoms with Gasteiger partial charge in [-0.2, -0.15) is 0 Å². The summed E-state index contributed by atoms with van der Waals surface area (Å²) in [6.45, 7) is 3.54. The number of thiophene rings is 1. The highest BCUT2D eigenvalue weighted by atomic mass is 32.1. The molecular weight excluding hydrogens is 533 g/mol. The van der Waals surface area contributed by atoms with E-state index in [0.717, 1.165) is 58.8 Å². The van der Waals surface area contributed by atoms with Gasteiger partial charge in [0, 0.05) is 69.0 Å². The third-order valence-corrected chi connectivity index (χ3v) is 8.03. The summed E-state index contributed by atoms with van der Waals surface area (Å²) >= 11 is 1.47. The number of aromatic nitrogens is 2. The smallest absolute Gasteiger partial charge is 0.319 e. The zero-order valence-corrected chi connectivity index (χ0v) is 22.4. The van der Waals surface area contributed by atoms with Gasteiger partial charge in [0.1, 0.15) is 5.75 Å². The van der Waals surface area contributed by atoms with Crippen LogP contribution in [0.25, 0.3) is 20.8 Å². The van der Waals surface area contributed by atoms with Gasteiger partial charge in [-0.25, -0.2) is 14.0 Å². The SMILES string of the molecule is NC(=O)N1CCN(Cc2ccc(-c3cc4nccc(Oc5ccc(NC(=O)NC6CC6)cc5F)c4s3)nc2)CC1. The number of rotatable bonds is 7. The Hall–Kier alpha value is -4.29. The van der Waals surface area contributed by atoms with Gasteiger partial charge < -0.3 is 26.0 Å². The summed E-state index contributed by atoms with van der Waals surface area (Å²) in [6.07, 6.45) is 5.43. The summed E-state index contributed by atoms with van der Waals surface area (Å²) < 4.78 is 21.6. The molecule has 2 fully saturated rings. The van der Waals surface area contributed by atoms with Crippen molar-refractivity contribution in [1.29, 1.82) is 0 Å². The van der Waals surface area contributed by atoms with Gasteiger partial charge in [0.05, 0.1) is 20.8 Å². The van der Waals surface area contributed by atoms with Gasteiger partial charge in [0.15, 0.2) is 11.6 Å². The van der Waals surface area contributed by atoms with Crippen LogP contribution in [-0.4, -0.2) is 64.1 Å². The molecule has 206 valence electrons. The van der Waals surface area contributed by atoms with Gasteiger partial charge >= 0.3 is 12.1 Å². The van der Waals surface area contributed by atoms with E-state index in [-0.39, 0.29) is 23.9 Å². The number of fused-ring (bicyclic) bond motifs is 1. The molecule has 4 aromatic rings. The van der Waals surface area contributed by atoms with E-state index in [1.165, 1.54) is 23.5 Å². The first-order chi connectivity index (χ1) is 19.4. The molecule has 0 radical (unpaired) electrons. The molecule has 0 atom stereocenters. The van der Waals surface area contributed by atoms with Crippen LogP contribution in [-0.2, 0) is 6.54 Å². The second kappa shape index (κ2) is 11.1. The van der Waals surface area contributed by atoms with E-state index in [0.29, 0.717) is 24.5 Å². The molecule has 3 aromatic heterocycles. The fourth-order valence-electron chi connectivity index (χ4n) is 4.53. The fraction of sp³-hybridized carbons (Fsp3) is 0.286. The number of pyridine rings is 2. The lowest BCUT2D eigenvalue weighted by atomic mass is 10.2. The number of urea groups is 2. The molecule has 0 bridgehead atoms. The Bertz CT molecular complexity index is 1550. The predicted octanol–water partition coefficient (Wildman–Crippen LogP) is 4.77. The van der Waals surface area contributed by atoms with Crippen LogP contribution in [0.15, 0.2) is 54.9 Å². The van der Waals surface area contributed by atoms with Gasteiger partial charge in [0.25, 0.3) is 0 Å². The average molecular weight is 562 g/mol. The van der Waals surface area contributed by atoms with Crippen molar-refractivity contribution in [3.8, 4) is 22.1 Å². The third kappa shape index (κ3) is 5.97. The Morgan fingerprint density at radius 3 is 2.58 bits per heavy atom.